The summed E-state index contributed by atoms with van der Waals surface area (Å²) in [5, 5.41) is 6.78. The van der Waals surface area contributed by atoms with Crippen LogP contribution in [0.2, 0.25) is 0 Å². The zero-order valence-corrected chi connectivity index (χ0v) is 23.5. The number of hydrogen-bond donors (Lipinski definition) is 2. The smallest absolute Gasteiger partial charge is 0.191 e. The van der Waals surface area contributed by atoms with Crippen LogP contribution in [-0.4, -0.2) is 76.6 Å². The van der Waals surface area contributed by atoms with Crippen LogP contribution in [0.5, 0.6) is 5.75 Å². The summed E-state index contributed by atoms with van der Waals surface area (Å²) in [6.45, 7) is 12.1. The second-order valence-electron chi connectivity index (χ2n) is 8.70. The molecule has 1 atom stereocenters. The second-order valence-corrected chi connectivity index (χ2v) is 8.70. The SMILES string of the molecule is CCOC(CCNC(=NC)NCc1cccc(OCCN(C)C2CCOCC2)c1)C(C)C.I. The van der Waals surface area contributed by atoms with Crippen molar-refractivity contribution in [2.45, 2.75) is 58.7 Å². The van der Waals surface area contributed by atoms with E-state index in [4.69, 9.17) is 14.2 Å². The first kappa shape index (κ1) is 29.9. The number of ether oxygens (including phenoxy) is 3. The molecule has 8 heteroatoms. The highest BCUT2D eigenvalue weighted by Crippen LogP contribution is 2.15. The van der Waals surface area contributed by atoms with Crippen molar-refractivity contribution in [3.05, 3.63) is 29.8 Å². The van der Waals surface area contributed by atoms with E-state index in [0.29, 0.717) is 25.1 Å². The molecular weight excluding hydrogens is 531 g/mol. The summed E-state index contributed by atoms with van der Waals surface area (Å²) in [6.07, 6.45) is 3.44. The molecule has 0 saturated carbocycles. The van der Waals surface area contributed by atoms with E-state index in [2.05, 4.69) is 53.6 Å². The summed E-state index contributed by atoms with van der Waals surface area (Å²) in [4.78, 5) is 6.72. The molecule has 2 N–H and O–H groups in total. The summed E-state index contributed by atoms with van der Waals surface area (Å²) in [6, 6.07) is 8.86. The molecule has 0 spiro atoms. The number of hydrogen-bond acceptors (Lipinski definition) is 5. The van der Waals surface area contributed by atoms with Crippen molar-refractivity contribution in [2.75, 3.05) is 53.6 Å². The Balaban J connectivity index is 0.00000544. The Kier molecular flexibility index (Phi) is 15.7. The van der Waals surface area contributed by atoms with Crippen LogP contribution in [-0.2, 0) is 16.0 Å². The van der Waals surface area contributed by atoms with Crippen molar-refractivity contribution < 1.29 is 14.2 Å². The predicted octanol–water partition coefficient (Wildman–Crippen LogP) is 3.91. The number of likely N-dealkylation sites (N-methyl/N-ethyl adjacent to an activating group) is 1. The molecule has 190 valence electrons. The van der Waals surface area contributed by atoms with Crippen molar-refractivity contribution in [3.8, 4) is 5.75 Å². The van der Waals surface area contributed by atoms with E-state index in [0.717, 1.165) is 69.4 Å². The highest BCUT2D eigenvalue weighted by Gasteiger charge is 2.18. The molecule has 1 aromatic carbocycles. The van der Waals surface area contributed by atoms with Crippen molar-refractivity contribution in [1.29, 1.82) is 0 Å². The van der Waals surface area contributed by atoms with Gasteiger partial charge in [-0.05, 0) is 56.8 Å². The van der Waals surface area contributed by atoms with Gasteiger partial charge in [0.15, 0.2) is 5.96 Å². The van der Waals surface area contributed by atoms with E-state index in [1.165, 1.54) is 0 Å². The van der Waals surface area contributed by atoms with Gasteiger partial charge in [-0.3, -0.25) is 9.89 Å². The maximum absolute atomic E-state index is 6.02. The maximum Gasteiger partial charge on any atom is 0.191 e. The lowest BCUT2D eigenvalue weighted by Gasteiger charge is -2.31. The first-order valence-electron chi connectivity index (χ1n) is 12.1. The third kappa shape index (κ3) is 11.7. The normalized spacial score (nSPS) is 15.9. The van der Waals surface area contributed by atoms with Crippen LogP contribution in [0.3, 0.4) is 0 Å². The van der Waals surface area contributed by atoms with Gasteiger partial charge in [-0.1, -0.05) is 26.0 Å². The third-order valence-corrected chi connectivity index (χ3v) is 5.95. The summed E-state index contributed by atoms with van der Waals surface area (Å²) >= 11 is 0. The minimum Gasteiger partial charge on any atom is -0.492 e. The molecule has 0 aromatic heterocycles. The first-order valence-corrected chi connectivity index (χ1v) is 12.1. The monoisotopic (exact) mass is 576 g/mol. The fourth-order valence-electron chi connectivity index (χ4n) is 3.92. The van der Waals surface area contributed by atoms with Crippen molar-refractivity contribution >= 4 is 29.9 Å². The minimum absolute atomic E-state index is 0. The Morgan fingerprint density at radius 2 is 2.00 bits per heavy atom. The Bertz CT molecular complexity index is 669. The molecule has 1 aromatic rings. The second kappa shape index (κ2) is 17.4. The summed E-state index contributed by atoms with van der Waals surface area (Å²) in [5.41, 5.74) is 1.16. The summed E-state index contributed by atoms with van der Waals surface area (Å²) < 4.78 is 17.3. The lowest BCUT2D eigenvalue weighted by molar-refractivity contribution is 0.0258. The van der Waals surface area contributed by atoms with Gasteiger partial charge >= 0.3 is 0 Å². The Hall–Kier alpha value is -1.10. The standard InChI is InChI=1S/C25H44N4O3.HI/c1-6-31-24(20(2)3)10-13-27-25(26-4)28-19-21-8-7-9-23(18-21)32-17-14-29(5)22-11-15-30-16-12-22;/h7-9,18,20,22,24H,6,10-17,19H2,1-5H3,(H2,26,27,28);1H. The first-order chi connectivity index (χ1) is 15.5. The van der Waals surface area contributed by atoms with E-state index in [1.807, 2.05) is 19.1 Å². The number of aliphatic imine (C=N–C) groups is 1. The van der Waals surface area contributed by atoms with Gasteiger partial charge in [0.2, 0.25) is 0 Å². The predicted molar refractivity (Wildman–Crippen MR) is 147 cm³/mol. The van der Waals surface area contributed by atoms with Crippen LogP contribution in [0.4, 0.5) is 0 Å². The summed E-state index contributed by atoms with van der Waals surface area (Å²) in [7, 11) is 3.97. The van der Waals surface area contributed by atoms with Crippen LogP contribution >= 0.6 is 24.0 Å². The van der Waals surface area contributed by atoms with Crippen molar-refractivity contribution in [3.63, 3.8) is 0 Å². The van der Waals surface area contributed by atoms with Crippen LogP contribution in [0.25, 0.3) is 0 Å². The van der Waals surface area contributed by atoms with E-state index < -0.39 is 0 Å². The Morgan fingerprint density at radius 3 is 2.67 bits per heavy atom. The number of rotatable bonds is 13. The maximum atomic E-state index is 6.02. The highest BCUT2D eigenvalue weighted by molar-refractivity contribution is 14.0. The molecule has 1 heterocycles. The topological polar surface area (TPSA) is 67.3 Å². The lowest BCUT2D eigenvalue weighted by Crippen LogP contribution is -2.39. The molecule has 33 heavy (non-hydrogen) atoms. The molecule has 0 bridgehead atoms. The highest BCUT2D eigenvalue weighted by atomic mass is 127. The van der Waals surface area contributed by atoms with Gasteiger partial charge in [0.1, 0.15) is 12.4 Å². The number of nitrogens with one attached hydrogen (secondary N) is 2. The average Bonchev–Trinajstić information content (AvgIpc) is 2.81. The van der Waals surface area contributed by atoms with Gasteiger partial charge < -0.3 is 24.8 Å². The quantitative estimate of drug-likeness (QED) is 0.211. The van der Waals surface area contributed by atoms with Gasteiger partial charge in [-0.25, -0.2) is 0 Å². The van der Waals surface area contributed by atoms with E-state index in [-0.39, 0.29) is 30.1 Å². The molecule has 1 unspecified atom stereocenters. The number of nitrogens with zero attached hydrogens (tertiary/aromatic N) is 2. The zero-order chi connectivity index (χ0) is 23.2. The fraction of sp³-hybridized carbons (Fsp3) is 0.720. The average molecular weight is 577 g/mol. The van der Waals surface area contributed by atoms with Gasteiger partial charge in [-0.2, -0.15) is 0 Å². The minimum atomic E-state index is 0. The molecule has 2 rings (SSSR count). The Morgan fingerprint density at radius 1 is 1.24 bits per heavy atom. The molecule has 1 aliphatic heterocycles. The number of halogens is 1. The van der Waals surface area contributed by atoms with Crippen molar-refractivity contribution in [2.24, 2.45) is 10.9 Å². The molecule has 1 aliphatic rings. The molecule has 0 aliphatic carbocycles. The Labute approximate surface area is 218 Å². The fourth-order valence-corrected chi connectivity index (χ4v) is 3.92. The van der Waals surface area contributed by atoms with E-state index in [9.17, 15) is 0 Å². The van der Waals surface area contributed by atoms with E-state index >= 15 is 0 Å². The van der Waals surface area contributed by atoms with E-state index in [1.54, 1.807) is 7.05 Å². The van der Waals surface area contributed by atoms with Gasteiger partial charge in [0, 0.05) is 52.5 Å². The van der Waals surface area contributed by atoms with Gasteiger partial charge in [-0.15, -0.1) is 24.0 Å². The van der Waals surface area contributed by atoms with Crippen LogP contribution < -0.4 is 15.4 Å². The summed E-state index contributed by atoms with van der Waals surface area (Å²) in [5.74, 6) is 2.21. The molecule has 1 fully saturated rings. The number of benzene rings is 1. The van der Waals surface area contributed by atoms with Crippen molar-refractivity contribution in [1.82, 2.24) is 15.5 Å². The lowest BCUT2D eigenvalue weighted by atomic mass is 10.0. The molecule has 7 nitrogen and oxygen atoms in total. The van der Waals surface area contributed by atoms with Crippen LogP contribution in [0, 0.1) is 5.92 Å². The number of guanidine groups is 1. The third-order valence-electron chi connectivity index (χ3n) is 5.95. The van der Waals surface area contributed by atoms with Gasteiger partial charge in [0.25, 0.3) is 0 Å². The molecule has 1 saturated heterocycles. The van der Waals surface area contributed by atoms with Crippen LogP contribution in [0.1, 0.15) is 45.6 Å². The zero-order valence-electron chi connectivity index (χ0n) is 21.1. The van der Waals surface area contributed by atoms with Crippen LogP contribution in [0.15, 0.2) is 29.3 Å². The van der Waals surface area contributed by atoms with Gasteiger partial charge in [0.05, 0.1) is 6.10 Å². The molecule has 0 amide bonds. The largest absolute Gasteiger partial charge is 0.492 e. The molecular formula is C25H45IN4O3. The molecule has 0 radical (unpaired) electrons.